The van der Waals surface area contributed by atoms with Crippen LogP contribution in [-0.4, -0.2) is 33.1 Å². The SMILES string of the molecule is C/C=C1/C(CC)CCCN1/C=[PH]1/CCn2cncc2C1. The van der Waals surface area contributed by atoms with Crippen molar-refractivity contribution < 1.29 is 0 Å². The van der Waals surface area contributed by atoms with Gasteiger partial charge in [-0.1, -0.05) is 20.5 Å². The summed E-state index contributed by atoms with van der Waals surface area (Å²) in [5.74, 6) is 3.39. The Morgan fingerprint density at radius 1 is 1.45 bits per heavy atom. The first-order valence-electron chi connectivity index (χ1n) is 7.93. The van der Waals surface area contributed by atoms with E-state index in [1.807, 2.05) is 6.33 Å². The number of hydrogen-bond donors (Lipinski definition) is 0. The third-order valence-corrected chi connectivity index (χ3v) is 7.07. The highest BCUT2D eigenvalue weighted by molar-refractivity contribution is 7.56. The Hall–Kier alpha value is -0.950. The number of hydrogen-bond acceptors (Lipinski definition) is 1. The van der Waals surface area contributed by atoms with Crippen molar-refractivity contribution in [2.45, 2.75) is 45.8 Å². The maximum absolute atomic E-state index is 4.28. The fourth-order valence-electron chi connectivity index (χ4n) is 3.59. The second-order valence-electron chi connectivity index (χ2n) is 5.95. The third kappa shape index (κ3) is 2.74. The molecule has 4 heteroatoms. The standard InChI is InChI=1S/C16H26N3P/c1-3-14-6-5-7-19(16(14)4-2)13-20-9-8-18-12-17-10-15(18)11-20/h4,10,12-14,20H,3,5-9,11H2,1-2H3/b16-4-. The predicted octanol–water partition coefficient (Wildman–Crippen LogP) is 3.40. The van der Waals surface area contributed by atoms with Crippen LogP contribution in [0.3, 0.4) is 0 Å². The fourth-order valence-corrected chi connectivity index (χ4v) is 5.99. The average molecular weight is 291 g/mol. The first-order valence-corrected chi connectivity index (χ1v) is 9.92. The van der Waals surface area contributed by atoms with Gasteiger partial charge in [0.25, 0.3) is 0 Å². The second kappa shape index (κ2) is 6.22. The van der Waals surface area contributed by atoms with Gasteiger partial charge in [-0.15, -0.1) is 0 Å². The van der Waals surface area contributed by atoms with Gasteiger partial charge in [-0.25, -0.2) is 4.98 Å². The van der Waals surface area contributed by atoms with Crippen LogP contribution in [0.1, 0.15) is 38.8 Å². The molecule has 3 nitrogen and oxygen atoms in total. The molecule has 2 unspecified atom stereocenters. The van der Waals surface area contributed by atoms with Crippen molar-refractivity contribution in [3.8, 4) is 0 Å². The first-order chi connectivity index (χ1) is 9.81. The van der Waals surface area contributed by atoms with E-state index in [1.54, 1.807) is 5.70 Å². The molecule has 2 aliphatic heterocycles. The van der Waals surface area contributed by atoms with Crippen molar-refractivity contribution in [2.75, 3.05) is 12.7 Å². The molecule has 20 heavy (non-hydrogen) atoms. The topological polar surface area (TPSA) is 21.1 Å². The number of allylic oxidation sites excluding steroid dienone is 2. The molecule has 3 heterocycles. The molecule has 1 fully saturated rings. The van der Waals surface area contributed by atoms with Crippen molar-refractivity contribution in [2.24, 2.45) is 5.92 Å². The van der Waals surface area contributed by atoms with E-state index in [0.717, 1.165) is 12.5 Å². The highest BCUT2D eigenvalue weighted by Crippen LogP contribution is 2.36. The summed E-state index contributed by atoms with van der Waals surface area (Å²) in [6.45, 7) is 6.92. The molecule has 0 N–H and O–H groups in total. The van der Waals surface area contributed by atoms with Crippen LogP contribution < -0.4 is 0 Å². The molecule has 3 rings (SSSR count). The molecule has 2 aliphatic rings. The summed E-state index contributed by atoms with van der Waals surface area (Å²) in [6, 6.07) is 0. The van der Waals surface area contributed by atoms with E-state index in [-0.39, 0.29) is 0 Å². The smallest absolute Gasteiger partial charge is 0.0948 e. The van der Waals surface area contributed by atoms with E-state index in [4.69, 9.17) is 0 Å². The minimum atomic E-state index is -0.403. The Labute approximate surface area is 123 Å². The Morgan fingerprint density at radius 2 is 2.35 bits per heavy atom. The molecule has 1 aromatic rings. The van der Waals surface area contributed by atoms with E-state index in [9.17, 15) is 0 Å². The van der Waals surface area contributed by atoms with E-state index in [2.05, 4.69) is 46.5 Å². The van der Waals surface area contributed by atoms with Crippen molar-refractivity contribution in [3.63, 3.8) is 0 Å². The fraction of sp³-hybridized carbons (Fsp3) is 0.625. The van der Waals surface area contributed by atoms with E-state index in [1.165, 1.54) is 43.8 Å². The summed E-state index contributed by atoms with van der Waals surface area (Å²) < 4.78 is 2.32. The number of nitrogens with zero attached hydrogens (tertiary/aromatic N) is 3. The molecular formula is C16H26N3P. The minimum absolute atomic E-state index is 0.403. The molecular weight excluding hydrogens is 265 g/mol. The monoisotopic (exact) mass is 291 g/mol. The summed E-state index contributed by atoms with van der Waals surface area (Å²) in [7, 11) is -0.403. The molecule has 0 amide bonds. The Morgan fingerprint density at radius 3 is 3.15 bits per heavy atom. The molecule has 110 valence electrons. The lowest BCUT2D eigenvalue weighted by Gasteiger charge is -2.36. The van der Waals surface area contributed by atoms with Crippen LogP contribution >= 0.6 is 7.55 Å². The molecule has 0 bridgehead atoms. The molecule has 1 saturated heterocycles. The normalized spacial score (nSPS) is 28.9. The summed E-state index contributed by atoms with van der Waals surface area (Å²) in [6.07, 6.45) is 13.0. The highest BCUT2D eigenvalue weighted by atomic mass is 31.1. The number of likely N-dealkylation sites (tertiary alicyclic amines) is 1. The summed E-state index contributed by atoms with van der Waals surface area (Å²) in [5.41, 5.74) is 3.02. The number of piperidine rings is 1. The van der Waals surface area contributed by atoms with E-state index in [0.29, 0.717) is 0 Å². The van der Waals surface area contributed by atoms with Gasteiger partial charge in [0.1, 0.15) is 0 Å². The van der Waals surface area contributed by atoms with Crippen molar-refractivity contribution in [3.05, 3.63) is 30.0 Å². The van der Waals surface area contributed by atoms with E-state index >= 15 is 0 Å². The van der Waals surface area contributed by atoms with Gasteiger partial charge in [-0.05, 0) is 44.2 Å². The van der Waals surface area contributed by atoms with Crippen LogP contribution in [0.4, 0.5) is 0 Å². The van der Waals surface area contributed by atoms with Gasteiger partial charge in [0.05, 0.1) is 6.33 Å². The number of fused-ring (bicyclic) bond motifs is 1. The Kier molecular flexibility index (Phi) is 4.35. The summed E-state index contributed by atoms with van der Waals surface area (Å²) in [4.78, 5) is 6.88. The zero-order valence-electron chi connectivity index (χ0n) is 12.7. The Bertz CT molecular complexity index is 530. The number of aromatic nitrogens is 2. The zero-order valence-corrected chi connectivity index (χ0v) is 13.7. The van der Waals surface area contributed by atoms with E-state index < -0.39 is 7.55 Å². The second-order valence-corrected chi connectivity index (χ2v) is 8.38. The van der Waals surface area contributed by atoms with Gasteiger partial charge < -0.3 is 9.47 Å². The van der Waals surface area contributed by atoms with Crippen LogP contribution in [0.15, 0.2) is 24.3 Å². The quantitative estimate of drug-likeness (QED) is 0.779. The lowest BCUT2D eigenvalue weighted by Crippen LogP contribution is -2.32. The number of rotatable bonds is 2. The summed E-state index contributed by atoms with van der Waals surface area (Å²) in [5, 5.41) is 0. The largest absolute Gasteiger partial charge is 0.352 e. The first kappa shape index (κ1) is 14.0. The van der Waals surface area contributed by atoms with Crippen LogP contribution in [-0.2, 0) is 12.7 Å². The number of imidazole rings is 1. The Balaban J connectivity index is 1.78. The maximum Gasteiger partial charge on any atom is 0.0948 e. The molecule has 0 saturated carbocycles. The predicted molar refractivity (Wildman–Crippen MR) is 88.7 cm³/mol. The maximum atomic E-state index is 4.28. The van der Waals surface area contributed by atoms with Crippen molar-refractivity contribution in [1.82, 2.24) is 14.5 Å². The third-order valence-electron chi connectivity index (χ3n) is 4.71. The molecule has 1 aromatic heterocycles. The van der Waals surface area contributed by atoms with Crippen LogP contribution in [0.2, 0.25) is 0 Å². The van der Waals surface area contributed by atoms with Crippen LogP contribution in [0.25, 0.3) is 0 Å². The molecule has 0 radical (unpaired) electrons. The van der Waals surface area contributed by atoms with Crippen LogP contribution in [0, 0.1) is 5.92 Å². The van der Waals surface area contributed by atoms with Gasteiger partial charge in [0.2, 0.25) is 0 Å². The highest BCUT2D eigenvalue weighted by Gasteiger charge is 2.22. The summed E-state index contributed by atoms with van der Waals surface area (Å²) >= 11 is 0. The van der Waals surface area contributed by atoms with Crippen molar-refractivity contribution >= 4 is 13.5 Å². The molecule has 2 atom stereocenters. The van der Waals surface area contributed by atoms with Gasteiger partial charge in [0, 0.05) is 36.8 Å². The van der Waals surface area contributed by atoms with Crippen LogP contribution in [0.5, 0.6) is 0 Å². The molecule has 0 aromatic carbocycles. The minimum Gasteiger partial charge on any atom is -0.352 e. The van der Waals surface area contributed by atoms with Gasteiger partial charge in [-0.3, -0.25) is 0 Å². The lowest BCUT2D eigenvalue weighted by atomic mass is 9.92. The van der Waals surface area contributed by atoms with Crippen molar-refractivity contribution in [1.29, 1.82) is 0 Å². The lowest BCUT2D eigenvalue weighted by molar-refractivity contribution is 0.333. The van der Waals surface area contributed by atoms with Gasteiger partial charge >= 0.3 is 0 Å². The van der Waals surface area contributed by atoms with Gasteiger partial charge in [-0.2, -0.15) is 0 Å². The molecule has 0 aliphatic carbocycles. The average Bonchev–Trinajstić information content (AvgIpc) is 2.94. The zero-order chi connectivity index (χ0) is 13.9. The molecule has 0 spiro atoms. The number of aryl methyl sites for hydroxylation is 1. The van der Waals surface area contributed by atoms with Gasteiger partial charge in [0.15, 0.2) is 0 Å².